The van der Waals surface area contributed by atoms with Gasteiger partial charge in [0.25, 0.3) is 15.9 Å². The molecule has 3 rings (SSSR count). The van der Waals surface area contributed by atoms with E-state index in [0.29, 0.717) is 17.4 Å². The van der Waals surface area contributed by atoms with Gasteiger partial charge in [0.15, 0.2) is 0 Å². The van der Waals surface area contributed by atoms with Gasteiger partial charge in [-0.2, -0.15) is 11.8 Å². The Morgan fingerprint density at radius 2 is 1.93 bits per heavy atom. The largest absolute Gasteiger partial charge is 0.296 e. The van der Waals surface area contributed by atoms with Gasteiger partial charge in [-0.25, -0.2) is 13.1 Å². The van der Waals surface area contributed by atoms with Crippen LogP contribution in [0.5, 0.6) is 0 Å². The molecule has 0 aliphatic heterocycles. The van der Waals surface area contributed by atoms with Gasteiger partial charge in [0.05, 0.1) is 0 Å². The van der Waals surface area contributed by atoms with Gasteiger partial charge in [-0.05, 0) is 31.9 Å². The number of hydrogen-bond acceptors (Lipinski definition) is 7. The first-order valence-corrected chi connectivity index (χ1v) is 12.1. The zero-order valence-electron chi connectivity index (χ0n) is 15.0. The van der Waals surface area contributed by atoms with E-state index in [1.165, 1.54) is 25.7 Å². The van der Waals surface area contributed by atoms with Crippen LogP contribution < -0.4 is 10.0 Å². The number of nitrogens with zero attached hydrogens (tertiary/aromatic N) is 2. The van der Waals surface area contributed by atoms with Crippen LogP contribution in [-0.4, -0.2) is 42.1 Å². The van der Waals surface area contributed by atoms with Crippen molar-refractivity contribution in [3.05, 3.63) is 35.4 Å². The summed E-state index contributed by atoms with van der Waals surface area (Å²) in [4.78, 5) is 12.2. The van der Waals surface area contributed by atoms with E-state index in [9.17, 15) is 13.2 Å². The van der Waals surface area contributed by atoms with Gasteiger partial charge >= 0.3 is 0 Å². The SMILES string of the molecule is Cc1ccc(C(=O)Nc2nnc(S(=O)(=O)NCCSC3CCCC3)s2)cc1. The van der Waals surface area contributed by atoms with E-state index in [1.807, 2.05) is 30.8 Å². The summed E-state index contributed by atoms with van der Waals surface area (Å²) in [5.41, 5.74) is 1.52. The molecule has 7 nitrogen and oxygen atoms in total. The van der Waals surface area contributed by atoms with Crippen molar-refractivity contribution in [2.24, 2.45) is 0 Å². The predicted octanol–water partition coefficient (Wildman–Crippen LogP) is 3.05. The third-order valence-corrected chi connectivity index (χ3v) is 8.27. The maximum Gasteiger partial charge on any atom is 0.269 e. The Morgan fingerprint density at radius 3 is 2.63 bits per heavy atom. The van der Waals surface area contributed by atoms with Crippen LogP contribution in [0.2, 0.25) is 0 Å². The Balaban J connectivity index is 1.52. The van der Waals surface area contributed by atoms with E-state index in [0.717, 1.165) is 22.7 Å². The average Bonchev–Trinajstić information content (AvgIpc) is 3.31. The lowest BCUT2D eigenvalue weighted by molar-refractivity contribution is 0.102. The molecular weight excluding hydrogens is 404 g/mol. The quantitative estimate of drug-likeness (QED) is 0.497. The maximum absolute atomic E-state index is 12.3. The first kappa shape index (κ1) is 20.2. The second-order valence-corrected chi connectivity index (χ2v) is 10.7. The van der Waals surface area contributed by atoms with Gasteiger partial charge in [-0.15, -0.1) is 10.2 Å². The summed E-state index contributed by atoms with van der Waals surface area (Å²) in [5.74, 6) is 0.385. The summed E-state index contributed by atoms with van der Waals surface area (Å²) >= 11 is 2.65. The Hall–Kier alpha value is -1.49. The molecule has 0 atom stereocenters. The van der Waals surface area contributed by atoms with E-state index < -0.39 is 10.0 Å². The van der Waals surface area contributed by atoms with Crippen molar-refractivity contribution in [2.75, 3.05) is 17.6 Å². The summed E-state index contributed by atoms with van der Waals surface area (Å²) in [5, 5.41) is 10.9. The standard InChI is InChI=1S/C17H22N4O3S3/c1-12-6-8-13(9-7-12)15(22)19-16-20-21-17(26-16)27(23,24)18-10-11-25-14-4-2-3-5-14/h6-9,14,18H,2-5,10-11H2,1H3,(H,19,20,22). The van der Waals surface area contributed by atoms with Crippen molar-refractivity contribution in [2.45, 2.75) is 42.2 Å². The zero-order valence-corrected chi connectivity index (χ0v) is 17.4. The Labute approximate surface area is 167 Å². The maximum atomic E-state index is 12.3. The second kappa shape index (κ2) is 9.13. The van der Waals surface area contributed by atoms with Crippen molar-refractivity contribution in [1.82, 2.24) is 14.9 Å². The summed E-state index contributed by atoms with van der Waals surface area (Å²) in [7, 11) is -3.71. The number of anilines is 1. The minimum absolute atomic E-state index is 0.146. The van der Waals surface area contributed by atoms with Crippen LogP contribution in [0.15, 0.2) is 28.6 Å². The average molecular weight is 427 g/mol. The number of aryl methyl sites for hydroxylation is 1. The molecule has 10 heteroatoms. The highest BCUT2D eigenvalue weighted by molar-refractivity contribution is 8.00. The lowest BCUT2D eigenvalue weighted by Crippen LogP contribution is -2.26. The fourth-order valence-electron chi connectivity index (χ4n) is 2.76. The fourth-order valence-corrected chi connectivity index (χ4v) is 6.08. The highest BCUT2D eigenvalue weighted by Crippen LogP contribution is 2.29. The molecule has 2 N–H and O–H groups in total. The molecule has 2 aromatic rings. The summed E-state index contributed by atoms with van der Waals surface area (Å²) in [6.07, 6.45) is 4.98. The van der Waals surface area contributed by atoms with Crippen molar-refractivity contribution in [3.63, 3.8) is 0 Å². The molecule has 0 saturated heterocycles. The first-order chi connectivity index (χ1) is 12.9. The first-order valence-electron chi connectivity index (χ1n) is 8.77. The van der Waals surface area contributed by atoms with Crippen LogP contribution in [0.3, 0.4) is 0 Å². The Bertz CT molecular complexity index is 875. The molecule has 0 spiro atoms. The molecule has 27 heavy (non-hydrogen) atoms. The van der Waals surface area contributed by atoms with Gasteiger partial charge < -0.3 is 0 Å². The molecule has 0 unspecified atom stereocenters. The number of hydrogen-bond donors (Lipinski definition) is 2. The third-order valence-electron chi connectivity index (χ3n) is 4.22. The molecule has 146 valence electrons. The number of amides is 1. The monoisotopic (exact) mass is 426 g/mol. The third kappa shape index (κ3) is 5.74. The van der Waals surface area contributed by atoms with Crippen molar-refractivity contribution >= 4 is 44.2 Å². The smallest absolute Gasteiger partial charge is 0.269 e. The molecule has 1 saturated carbocycles. The molecule has 1 aliphatic rings. The van der Waals surface area contributed by atoms with Crippen LogP contribution in [-0.2, 0) is 10.0 Å². The van der Waals surface area contributed by atoms with Crippen LogP contribution in [0.1, 0.15) is 41.6 Å². The molecule has 0 radical (unpaired) electrons. The number of nitrogens with one attached hydrogen (secondary N) is 2. The minimum Gasteiger partial charge on any atom is -0.296 e. The molecule has 1 fully saturated rings. The van der Waals surface area contributed by atoms with E-state index in [-0.39, 0.29) is 15.4 Å². The number of thioether (sulfide) groups is 1. The van der Waals surface area contributed by atoms with Crippen molar-refractivity contribution < 1.29 is 13.2 Å². The number of aromatic nitrogens is 2. The molecule has 1 amide bonds. The van der Waals surface area contributed by atoms with Crippen LogP contribution >= 0.6 is 23.1 Å². The van der Waals surface area contributed by atoms with Crippen molar-refractivity contribution in [1.29, 1.82) is 0 Å². The summed E-state index contributed by atoms with van der Waals surface area (Å²) in [6.45, 7) is 2.29. The minimum atomic E-state index is -3.71. The number of carbonyl (C=O) groups is 1. The van der Waals surface area contributed by atoms with Gasteiger partial charge in [0.2, 0.25) is 9.47 Å². The van der Waals surface area contributed by atoms with Crippen LogP contribution in [0.25, 0.3) is 0 Å². The Morgan fingerprint density at radius 1 is 1.22 bits per heavy atom. The van der Waals surface area contributed by atoms with E-state index in [4.69, 9.17) is 0 Å². The van der Waals surface area contributed by atoms with Gasteiger partial charge in [-0.1, -0.05) is 41.9 Å². The van der Waals surface area contributed by atoms with Gasteiger partial charge in [0, 0.05) is 23.1 Å². The molecule has 1 heterocycles. The van der Waals surface area contributed by atoms with E-state index in [2.05, 4.69) is 20.2 Å². The molecule has 0 bridgehead atoms. The van der Waals surface area contributed by atoms with Crippen LogP contribution in [0, 0.1) is 6.92 Å². The highest BCUT2D eigenvalue weighted by atomic mass is 32.2. The normalized spacial score (nSPS) is 15.1. The number of sulfonamides is 1. The summed E-state index contributed by atoms with van der Waals surface area (Å²) < 4.78 is 27.0. The fraction of sp³-hybridized carbons (Fsp3) is 0.471. The topological polar surface area (TPSA) is 101 Å². The van der Waals surface area contributed by atoms with Gasteiger partial charge in [0.1, 0.15) is 0 Å². The molecule has 1 aromatic carbocycles. The van der Waals surface area contributed by atoms with E-state index >= 15 is 0 Å². The second-order valence-electron chi connectivity index (χ2n) is 6.37. The lowest BCUT2D eigenvalue weighted by Gasteiger charge is -2.08. The zero-order chi connectivity index (χ0) is 19.3. The number of benzene rings is 1. The van der Waals surface area contributed by atoms with Crippen molar-refractivity contribution in [3.8, 4) is 0 Å². The molecule has 1 aliphatic carbocycles. The van der Waals surface area contributed by atoms with E-state index in [1.54, 1.807) is 12.1 Å². The molecule has 1 aromatic heterocycles. The lowest BCUT2D eigenvalue weighted by atomic mass is 10.1. The highest BCUT2D eigenvalue weighted by Gasteiger charge is 2.21. The Kier molecular flexibility index (Phi) is 6.85. The van der Waals surface area contributed by atoms with Crippen LogP contribution in [0.4, 0.5) is 5.13 Å². The van der Waals surface area contributed by atoms with Gasteiger partial charge in [-0.3, -0.25) is 10.1 Å². The summed E-state index contributed by atoms with van der Waals surface area (Å²) in [6, 6.07) is 7.07. The molecular formula is C17H22N4O3S3. The number of rotatable bonds is 8. The predicted molar refractivity (Wildman–Crippen MR) is 109 cm³/mol. The number of carbonyl (C=O) groups excluding carboxylic acids is 1.